The number of benzene rings is 2. The Balaban J connectivity index is 1.50. The van der Waals surface area contributed by atoms with E-state index in [0.29, 0.717) is 23.7 Å². The number of aromatic nitrogens is 2. The van der Waals surface area contributed by atoms with E-state index in [1.54, 1.807) is 13.3 Å². The molecule has 5 nitrogen and oxygen atoms in total. The maximum absolute atomic E-state index is 12.0. The van der Waals surface area contributed by atoms with Gasteiger partial charge in [-0.2, -0.15) is 0 Å². The second-order valence-electron chi connectivity index (χ2n) is 8.06. The van der Waals surface area contributed by atoms with Crippen molar-refractivity contribution in [2.24, 2.45) is 0 Å². The summed E-state index contributed by atoms with van der Waals surface area (Å²) in [6, 6.07) is 13.2. The van der Waals surface area contributed by atoms with Gasteiger partial charge in [0, 0.05) is 36.0 Å². The van der Waals surface area contributed by atoms with Gasteiger partial charge in [-0.25, -0.2) is 9.97 Å². The van der Waals surface area contributed by atoms with Crippen molar-refractivity contribution in [3.63, 3.8) is 0 Å². The van der Waals surface area contributed by atoms with Crippen molar-refractivity contribution in [3.05, 3.63) is 53.3 Å². The van der Waals surface area contributed by atoms with Crippen LogP contribution in [0, 0.1) is 0 Å². The van der Waals surface area contributed by atoms with Gasteiger partial charge < -0.3 is 10.2 Å². The summed E-state index contributed by atoms with van der Waals surface area (Å²) in [6.07, 6.45) is 6.16. The molecular formula is C23H23ClN4O. The number of carbonyl (C=O) groups excluding carboxylic acids is 1. The normalized spacial score (nSPS) is 16.1. The molecule has 1 amide bonds. The summed E-state index contributed by atoms with van der Waals surface area (Å²) in [7, 11) is 0. The fourth-order valence-corrected chi connectivity index (χ4v) is 3.89. The quantitative estimate of drug-likeness (QED) is 0.623. The van der Waals surface area contributed by atoms with E-state index >= 15 is 0 Å². The molecule has 0 aliphatic heterocycles. The lowest BCUT2D eigenvalue weighted by molar-refractivity contribution is -0.130. The van der Waals surface area contributed by atoms with Crippen LogP contribution in [0.25, 0.3) is 22.0 Å². The Labute approximate surface area is 175 Å². The van der Waals surface area contributed by atoms with Gasteiger partial charge >= 0.3 is 0 Å². The molecule has 2 fully saturated rings. The van der Waals surface area contributed by atoms with Crippen molar-refractivity contribution in [2.75, 3.05) is 5.32 Å². The van der Waals surface area contributed by atoms with E-state index in [-0.39, 0.29) is 5.91 Å². The molecule has 1 aromatic heterocycles. The van der Waals surface area contributed by atoms with Crippen LogP contribution in [0.5, 0.6) is 0 Å². The van der Waals surface area contributed by atoms with E-state index < -0.39 is 0 Å². The number of fused-ring (bicyclic) bond motifs is 1. The van der Waals surface area contributed by atoms with Crippen molar-refractivity contribution in [2.45, 2.75) is 51.2 Å². The molecule has 0 radical (unpaired) electrons. The number of halogens is 1. The standard InChI is InChI=1S/C23H23ClN4O/c1-14(29)28(19-6-7-19)12-17-10-15(2-8-21(17)24)16-3-9-22-20(11-16)23(26-13-25-22)27-18-4-5-18/h2-3,8-11,13,18-19H,4-7,12H2,1H3,(H,25,26,27). The molecular weight excluding hydrogens is 384 g/mol. The second kappa shape index (κ2) is 7.30. The Kier molecular flexibility index (Phi) is 4.63. The van der Waals surface area contributed by atoms with Gasteiger partial charge in [-0.3, -0.25) is 4.79 Å². The van der Waals surface area contributed by atoms with E-state index in [1.807, 2.05) is 23.1 Å². The maximum atomic E-state index is 12.0. The van der Waals surface area contributed by atoms with Gasteiger partial charge in [-0.15, -0.1) is 0 Å². The maximum Gasteiger partial charge on any atom is 0.219 e. The molecule has 3 aromatic rings. The van der Waals surface area contributed by atoms with Gasteiger partial charge in [0.25, 0.3) is 0 Å². The minimum absolute atomic E-state index is 0.104. The third-order valence-electron chi connectivity index (χ3n) is 5.67. The zero-order valence-electron chi connectivity index (χ0n) is 16.4. The number of nitrogens with zero attached hydrogens (tertiary/aromatic N) is 3. The first kappa shape index (κ1) is 18.4. The molecule has 0 spiro atoms. The highest BCUT2D eigenvalue weighted by molar-refractivity contribution is 6.31. The van der Waals surface area contributed by atoms with Crippen molar-refractivity contribution < 1.29 is 4.79 Å². The van der Waals surface area contributed by atoms with Crippen LogP contribution in [-0.2, 0) is 11.3 Å². The van der Waals surface area contributed by atoms with Crippen LogP contribution in [0.2, 0.25) is 5.02 Å². The number of nitrogens with one attached hydrogen (secondary N) is 1. The van der Waals surface area contributed by atoms with Crippen molar-refractivity contribution in [1.82, 2.24) is 14.9 Å². The van der Waals surface area contributed by atoms with Gasteiger partial charge in [-0.1, -0.05) is 23.7 Å². The third kappa shape index (κ3) is 3.92. The highest BCUT2D eigenvalue weighted by Gasteiger charge is 2.31. The first-order valence-electron chi connectivity index (χ1n) is 10.2. The summed E-state index contributed by atoms with van der Waals surface area (Å²) in [6.45, 7) is 2.19. The molecule has 148 valence electrons. The van der Waals surface area contributed by atoms with Gasteiger partial charge in [0.2, 0.25) is 5.91 Å². The number of hydrogen-bond donors (Lipinski definition) is 1. The molecule has 0 unspecified atom stereocenters. The highest BCUT2D eigenvalue weighted by Crippen LogP contribution is 2.34. The van der Waals surface area contributed by atoms with Crippen molar-refractivity contribution in [3.8, 4) is 11.1 Å². The Morgan fingerprint density at radius 3 is 2.59 bits per heavy atom. The average Bonchev–Trinajstić information content (AvgIpc) is 3.62. The monoisotopic (exact) mass is 406 g/mol. The fourth-order valence-electron chi connectivity index (χ4n) is 3.71. The number of anilines is 1. The van der Waals surface area contributed by atoms with Gasteiger partial charge in [-0.05, 0) is 66.6 Å². The van der Waals surface area contributed by atoms with Crippen LogP contribution in [-0.4, -0.2) is 32.9 Å². The first-order chi connectivity index (χ1) is 14.1. The summed E-state index contributed by atoms with van der Waals surface area (Å²) in [5.74, 6) is 0.998. The van der Waals surface area contributed by atoms with Gasteiger partial charge in [0.1, 0.15) is 12.1 Å². The minimum atomic E-state index is 0.104. The second-order valence-corrected chi connectivity index (χ2v) is 8.46. The van der Waals surface area contributed by atoms with Crippen LogP contribution in [0.1, 0.15) is 38.2 Å². The highest BCUT2D eigenvalue weighted by atomic mass is 35.5. The summed E-state index contributed by atoms with van der Waals surface area (Å²) in [5, 5.41) is 5.22. The minimum Gasteiger partial charge on any atom is -0.367 e. The molecule has 2 saturated carbocycles. The van der Waals surface area contributed by atoms with E-state index in [9.17, 15) is 4.79 Å². The van der Waals surface area contributed by atoms with Gasteiger partial charge in [0.05, 0.1) is 5.52 Å². The van der Waals surface area contributed by atoms with E-state index in [1.165, 1.54) is 12.8 Å². The van der Waals surface area contributed by atoms with Crippen molar-refractivity contribution >= 4 is 34.2 Å². The van der Waals surface area contributed by atoms with E-state index in [0.717, 1.165) is 46.3 Å². The molecule has 2 aliphatic rings. The molecule has 2 aromatic carbocycles. The van der Waals surface area contributed by atoms with E-state index in [2.05, 4.69) is 33.5 Å². The predicted molar refractivity (Wildman–Crippen MR) is 116 cm³/mol. The Morgan fingerprint density at radius 1 is 1.10 bits per heavy atom. The Hall–Kier alpha value is -2.66. The Bertz CT molecular complexity index is 1090. The summed E-state index contributed by atoms with van der Waals surface area (Å²) < 4.78 is 0. The van der Waals surface area contributed by atoms with Crippen LogP contribution in [0.3, 0.4) is 0 Å². The van der Waals surface area contributed by atoms with Crippen molar-refractivity contribution in [1.29, 1.82) is 0 Å². The summed E-state index contributed by atoms with van der Waals surface area (Å²) >= 11 is 6.47. The molecule has 6 heteroatoms. The molecule has 29 heavy (non-hydrogen) atoms. The number of carbonyl (C=O) groups is 1. The zero-order chi connectivity index (χ0) is 20.0. The number of amides is 1. The zero-order valence-corrected chi connectivity index (χ0v) is 17.1. The topological polar surface area (TPSA) is 58.1 Å². The predicted octanol–water partition coefficient (Wildman–Crippen LogP) is 5.04. The molecule has 2 aliphatic carbocycles. The van der Waals surface area contributed by atoms with Crippen LogP contribution in [0.4, 0.5) is 5.82 Å². The summed E-state index contributed by atoms with van der Waals surface area (Å²) in [5.41, 5.74) is 4.07. The first-order valence-corrected chi connectivity index (χ1v) is 10.5. The smallest absolute Gasteiger partial charge is 0.219 e. The SMILES string of the molecule is CC(=O)N(Cc1cc(-c2ccc3ncnc(NC4CC4)c3c2)ccc1Cl)C1CC1. The molecule has 5 rings (SSSR count). The number of rotatable bonds is 6. The van der Waals surface area contributed by atoms with Gasteiger partial charge in [0.15, 0.2) is 0 Å². The lowest BCUT2D eigenvalue weighted by atomic mass is 10.0. The van der Waals surface area contributed by atoms with Crippen LogP contribution < -0.4 is 5.32 Å². The molecule has 1 N–H and O–H groups in total. The summed E-state index contributed by atoms with van der Waals surface area (Å²) in [4.78, 5) is 22.8. The van der Waals surface area contributed by atoms with E-state index in [4.69, 9.17) is 11.6 Å². The lowest BCUT2D eigenvalue weighted by Gasteiger charge is -2.21. The van der Waals surface area contributed by atoms with Crippen LogP contribution >= 0.6 is 11.6 Å². The average molecular weight is 407 g/mol. The third-order valence-corrected chi connectivity index (χ3v) is 6.03. The lowest BCUT2D eigenvalue weighted by Crippen LogP contribution is -2.30. The van der Waals surface area contributed by atoms with Crippen LogP contribution in [0.15, 0.2) is 42.7 Å². The molecule has 0 atom stereocenters. The molecule has 1 heterocycles. The molecule has 0 saturated heterocycles. The fraction of sp³-hybridized carbons (Fsp3) is 0.348. The molecule has 0 bridgehead atoms. The number of hydrogen-bond acceptors (Lipinski definition) is 4. The Morgan fingerprint density at radius 2 is 1.86 bits per heavy atom. The largest absolute Gasteiger partial charge is 0.367 e.